The summed E-state index contributed by atoms with van der Waals surface area (Å²) in [5.74, 6) is -0.437. The minimum Gasteiger partial charge on any atom is -0.461 e. The van der Waals surface area contributed by atoms with E-state index in [1.165, 1.54) is 18.7 Å². The highest BCUT2D eigenvalue weighted by Crippen LogP contribution is 2.29. The molecular formula is C14H19NO5S2. The molecule has 1 aliphatic heterocycles. The Morgan fingerprint density at radius 3 is 2.73 bits per heavy atom. The second-order valence-corrected chi connectivity index (χ2v) is 7.82. The SMILES string of the molecule is CC(=O)O[C@@H]1CCOS(=O)(=O)NC1[C@H](C)Sc1ccccc1. The van der Waals surface area contributed by atoms with Gasteiger partial charge in [0.1, 0.15) is 6.10 Å². The standard InChI is InChI=1S/C14H19NO5S2/c1-10(21-12-6-4-3-5-7-12)14-13(20-11(2)16)8-9-19-22(17,18)15-14/h3-7,10,13-15H,8-9H2,1-2H3/t10-,13+,14?/m0/s1. The van der Waals surface area contributed by atoms with E-state index in [-0.39, 0.29) is 11.9 Å². The Labute approximate surface area is 134 Å². The fourth-order valence-corrected chi connectivity index (χ4v) is 4.55. The monoisotopic (exact) mass is 345 g/mol. The highest BCUT2D eigenvalue weighted by Gasteiger charge is 2.36. The smallest absolute Gasteiger partial charge is 0.336 e. The molecule has 6 nitrogen and oxygen atoms in total. The van der Waals surface area contributed by atoms with E-state index in [0.29, 0.717) is 6.42 Å². The van der Waals surface area contributed by atoms with E-state index in [1.54, 1.807) is 0 Å². The normalized spacial score (nSPS) is 25.9. The fraction of sp³-hybridized carbons (Fsp3) is 0.500. The van der Waals surface area contributed by atoms with Gasteiger partial charge in [-0.15, -0.1) is 11.8 Å². The summed E-state index contributed by atoms with van der Waals surface area (Å²) in [5, 5.41) is -0.136. The lowest BCUT2D eigenvalue weighted by molar-refractivity contribution is -0.147. The number of carbonyl (C=O) groups excluding carboxylic acids is 1. The predicted octanol–water partition coefficient (Wildman–Crippen LogP) is 1.72. The van der Waals surface area contributed by atoms with E-state index in [4.69, 9.17) is 8.92 Å². The molecule has 0 saturated carbocycles. The highest BCUT2D eigenvalue weighted by atomic mass is 32.2. The third kappa shape index (κ3) is 4.98. The van der Waals surface area contributed by atoms with Crippen LogP contribution < -0.4 is 4.72 Å². The van der Waals surface area contributed by atoms with E-state index >= 15 is 0 Å². The Morgan fingerprint density at radius 1 is 1.41 bits per heavy atom. The number of hydrogen-bond acceptors (Lipinski definition) is 6. The van der Waals surface area contributed by atoms with Gasteiger partial charge in [0.15, 0.2) is 0 Å². The molecule has 0 aromatic heterocycles. The second kappa shape index (κ2) is 7.45. The second-order valence-electron chi connectivity index (χ2n) is 4.99. The highest BCUT2D eigenvalue weighted by molar-refractivity contribution is 8.00. The van der Waals surface area contributed by atoms with Gasteiger partial charge in [-0.05, 0) is 12.1 Å². The summed E-state index contributed by atoms with van der Waals surface area (Å²) in [5.41, 5.74) is 0. The zero-order chi connectivity index (χ0) is 16.2. The van der Waals surface area contributed by atoms with Crippen molar-refractivity contribution in [2.75, 3.05) is 6.61 Å². The average Bonchev–Trinajstić information content (AvgIpc) is 2.58. The summed E-state index contributed by atoms with van der Waals surface area (Å²) in [6.45, 7) is 3.20. The lowest BCUT2D eigenvalue weighted by Crippen LogP contribution is -2.48. The van der Waals surface area contributed by atoms with Gasteiger partial charge >= 0.3 is 16.3 Å². The zero-order valence-electron chi connectivity index (χ0n) is 12.4. The molecule has 3 atom stereocenters. The fourth-order valence-electron chi connectivity index (χ4n) is 2.26. The Hall–Kier alpha value is -1.09. The number of esters is 1. The van der Waals surface area contributed by atoms with Crippen LogP contribution >= 0.6 is 11.8 Å². The summed E-state index contributed by atoms with van der Waals surface area (Å²) in [6.07, 6.45) is -0.225. The molecule has 1 aromatic rings. The van der Waals surface area contributed by atoms with Crippen LogP contribution in [0, 0.1) is 0 Å². The van der Waals surface area contributed by atoms with Gasteiger partial charge in [-0.3, -0.25) is 8.98 Å². The molecule has 0 amide bonds. The first kappa shape index (κ1) is 17.3. The van der Waals surface area contributed by atoms with Crippen LogP contribution in [0.3, 0.4) is 0 Å². The van der Waals surface area contributed by atoms with E-state index < -0.39 is 28.4 Å². The van der Waals surface area contributed by atoms with Gasteiger partial charge in [0.2, 0.25) is 0 Å². The molecule has 0 radical (unpaired) electrons. The molecule has 8 heteroatoms. The summed E-state index contributed by atoms with van der Waals surface area (Å²) in [6, 6.07) is 9.09. The van der Waals surface area contributed by atoms with Crippen molar-refractivity contribution in [3.8, 4) is 0 Å². The van der Waals surface area contributed by atoms with E-state index in [9.17, 15) is 13.2 Å². The zero-order valence-corrected chi connectivity index (χ0v) is 14.0. The van der Waals surface area contributed by atoms with Crippen molar-refractivity contribution >= 4 is 28.0 Å². The van der Waals surface area contributed by atoms with Crippen LogP contribution in [-0.4, -0.2) is 38.4 Å². The van der Waals surface area contributed by atoms with Crippen LogP contribution in [-0.2, 0) is 24.0 Å². The number of benzene rings is 1. The van der Waals surface area contributed by atoms with Crippen molar-refractivity contribution in [3.63, 3.8) is 0 Å². The molecule has 2 rings (SSSR count). The average molecular weight is 345 g/mol. The lowest BCUT2D eigenvalue weighted by Gasteiger charge is -2.28. The van der Waals surface area contributed by atoms with Crippen LogP contribution in [0.4, 0.5) is 0 Å². The van der Waals surface area contributed by atoms with Crippen LogP contribution in [0.25, 0.3) is 0 Å². The lowest BCUT2D eigenvalue weighted by atomic mass is 10.1. The van der Waals surface area contributed by atoms with Crippen LogP contribution in [0.1, 0.15) is 20.3 Å². The van der Waals surface area contributed by atoms with Crippen molar-refractivity contribution in [1.82, 2.24) is 4.72 Å². The molecule has 1 unspecified atom stereocenters. The Balaban J connectivity index is 2.17. The van der Waals surface area contributed by atoms with Crippen LogP contribution in [0.2, 0.25) is 0 Å². The maximum atomic E-state index is 11.8. The van der Waals surface area contributed by atoms with Crippen LogP contribution in [0.5, 0.6) is 0 Å². The van der Waals surface area contributed by atoms with E-state index in [0.717, 1.165) is 4.90 Å². The molecule has 1 aliphatic rings. The molecule has 122 valence electrons. The quantitative estimate of drug-likeness (QED) is 0.661. The molecule has 1 fully saturated rings. The molecule has 1 saturated heterocycles. The number of thioether (sulfide) groups is 1. The van der Waals surface area contributed by atoms with Gasteiger partial charge < -0.3 is 4.74 Å². The minimum absolute atomic E-state index is 0.00744. The molecule has 1 aromatic carbocycles. The first-order valence-electron chi connectivity index (χ1n) is 6.93. The maximum Gasteiger partial charge on any atom is 0.336 e. The molecule has 0 spiro atoms. The van der Waals surface area contributed by atoms with Gasteiger partial charge in [-0.25, -0.2) is 0 Å². The number of hydrogen-bond donors (Lipinski definition) is 1. The summed E-state index contributed by atoms with van der Waals surface area (Å²) in [7, 11) is -3.83. The van der Waals surface area contributed by atoms with Crippen molar-refractivity contribution in [2.45, 2.75) is 42.6 Å². The van der Waals surface area contributed by atoms with E-state index in [1.807, 2.05) is 37.3 Å². The number of ether oxygens (including phenoxy) is 1. The molecular weight excluding hydrogens is 326 g/mol. The molecule has 22 heavy (non-hydrogen) atoms. The summed E-state index contributed by atoms with van der Waals surface area (Å²) in [4.78, 5) is 12.3. The number of rotatable bonds is 4. The molecule has 0 bridgehead atoms. The Bertz CT molecular complexity index is 605. The Kier molecular flexibility index (Phi) is 5.85. The van der Waals surface area contributed by atoms with Crippen molar-refractivity contribution in [3.05, 3.63) is 30.3 Å². The molecule has 0 aliphatic carbocycles. The first-order valence-corrected chi connectivity index (χ1v) is 9.22. The van der Waals surface area contributed by atoms with Gasteiger partial charge in [-0.2, -0.15) is 13.1 Å². The molecule has 1 N–H and O–H groups in total. The largest absolute Gasteiger partial charge is 0.461 e. The third-order valence-corrected chi connectivity index (χ3v) is 5.46. The van der Waals surface area contributed by atoms with Gasteiger partial charge in [-0.1, -0.05) is 25.1 Å². The van der Waals surface area contributed by atoms with Crippen molar-refractivity contribution < 1.29 is 22.1 Å². The third-order valence-electron chi connectivity index (χ3n) is 3.21. The van der Waals surface area contributed by atoms with Crippen LogP contribution in [0.15, 0.2) is 35.2 Å². The minimum atomic E-state index is -3.83. The van der Waals surface area contributed by atoms with Gasteiger partial charge in [0.25, 0.3) is 0 Å². The summed E-state index contributed by atoms with van der Waals surface area (Å²) >= 11 is 1.52. The number of nitrogens with one attached hydrogen (secondary N) is 1. The summed E-state index contributed by atoms with van der Waals surface area (Å²) < 4.78 is 36.1. The maximum absolute atomic E-state index is 11.8. The van der Waals surface area contributed by atoms with Crippen molar-refractivity contribution in [1.29, 1.82) is 0 Å². The molecule has 1 heterocycles. The topological polar surface area (TPSA) is 81.7 Å². The van der Waals surface area contributed by atoms with Crippen molar-refractivity contribution in [2.24, 2.45) is 0 Å². The van der Waals surface area contributed by atoms with Gasteiger partial charge in [0.05, 0.1) is 12.6 Å². The predicted molar refractivity (Wildman–Crippen MR) is 83.7 cm³/mol. The van der Waals surface area contributed by atoms with E-state index in [2.05, 4.69) is 4.72 Å². The Morgan fingerprint density at radius 2 is 2.09 bits per heavy atom. The van der Waals surface area contributed by atoms with Gasteiger partial charge in [0, 0.05) is 23.5 Å². The number of carbonyl (C=O) groups is 1. The first-order chi connectivity index (χ1) is 10.4.